The molecule has 2 aromatic carbocycles. The van der Waals surface area contributed by atoms with Crippen LogP contribution in [-0.4, -0.2) is 47.7 Å². The monoisotopic (exact) mass is 341 g/mol. The maximum atomic E-state index is 13.3. The summed E-state index contributed by atoms with van der Waals surface area (Å²) in [5, 5.41) is 10.4. The van der Waals surface area contributed by atoms with E-state index in [1.807, 2.05) is 30.3 Å². The molecule has 1 fully saturated rings. The lowest BCUT2D eigenvalue weighted by atomic mass is 10.1. The number of aromatic nitrogens is 1. The lowest BCUT2D eigenvalue weighted by Crippen LogP contribution is -2.47. The van der Waals surface area contributed by atoms with E-state index in [0.717, 1.165) is 31.7 Å². The summed E-state index contributed by atoms with van der Waals surface area (Å²) in [5.41, 5.74) is 2.07. The van der Waals surface area contributed by atoms with Crippen LogP contribution >= 0.6 is 0 Å². The predicted octanol–water partition coefficient (Wildman–Crippen LogP) is 2.82. The first-order valence-corrected chi connectivity index (χ1v) is 8.45. The van der Waals surface area contributed by atoms with Crippen molar-refractivity contribution in [1.29, 1.82) is 0 Å². The van der Waals surface area contributed by atoms with Crippen molar-refractivity contribution in [2.24, 2.45) is 0 Å². The third kappa shape index (κ3) is 3.50. The first-order valence-electron chi connectivity index (χ1n) is 8.45. The number of benzene rings is 2. The van der Waals surface area contributed by atoms with Gasteiger partial charge in [-0.15, -0.1) is 0 Å². The number of rotatable bonds is 4. The minimum Gasteiger partial charge on any atom is -0.423 e. The number of fused-ring (bicyclic) bond motifs is 1. The van der Waals surface area contributed by atoms with E-state index in [9.17, 15) is 9.50 Å². The zero-order chi connectivity index (χ0) is 17.2. The molecule has 25 heavy (non-hydrogen) atoms. The molecule has 0 aliphatic carbocycles. The Balaban J connectivity index is 1.37. The molecule has 0 amide bonds. The molecule has 0 spiro atoms. The number of nitrogens with zero attached hydrogens (tertiary/aromatic N) is 3. The quantitative estimate of drug-likeness (QED) is 0.791. The van der Waals surface area contributed by atoms with Crippen LogP contribution in [0.5, 0.6) is 0 Å². The van der Waals surface area contributed by atoms with Crippen LogP contribution in [0.15, 0.2) is 52.9 Å². The van der Waals surface area contributed by atoms with Crippen LogP contribution in [0.4, 0.5) is 10.4 Å². The average molecular weight is 341 g/mol. The van der Waals surface area contributed by atoms with Crippen molar-refractivity contribution in [1.82, 2.24) is 9.88 Å². The summed E-state index contributed by atoms with van der Waals surface area (Å²) in [7, 11) is 0. The second-order valence-electron chi connectivity index (χ2n) is 6.32. The van der Waals surface area contributed by atoms with Gasteiger partial charge < -0.3 is 14.4 Å². The molecule has 1 unspecified atom stereocenters. The smallest absolute Gasteiger partial charge is 0.298 e. The van der Waals surface area contributed by atoms with Gasteiger partial charge in [0.2, 0.25) is 0 Å². The largest absolute Gasteiger partial charge is 0.423 e. The lowest BCUT2D eigenvalue weighted by molar-refractivity contribution is 0.109. The van der Waals surface area contributed by atoms with Crippen molar-refractivity contribution in [3.8, 4) is 0 Å². The third-order valence-electron chi connectivity index (χ3n) is 4.60. The van der Waals surface area contributed by atoms with Crippen LogP contribution in [0.2, 0.25) is 0 Å². The van der Waals surface area contributed by atoms with E-state index in [1.54, 1.807) is 6.07 Å². The number of piperazine rings is 1. The molecule has 1 N–H and O–H groups in total. The number of oxazole rings is 1. The first-order chi connectivity index (χ1) is 12.2. The molecule has 1 aliphatic rings. The topological polar surface area (TPSA) is 52.7 Å². The van der Waals surface area contributed by atoms with Crippen LogP contribution in [0.1, 0.15) is 11.7 Å². The highest BCUT2D eigenvalue weighted by Crippen LogP contribution is 2.24. The molecule has 3 aromatic rings. The summed E-state index contributed by atoms with van der Waals surface area (Å²) < 4.78 is 19.0. The molecule has 0 bridgehead atoms. The number of hydrogen-bond acceptors (Lipinski definition) is 5. The SMILES string of the molecule is OC(CN1CCN(c2nc3cc(F)ccc3o2)CC1)c1ccccc1. The first kappa shape index (κ1) is 16.1. The molecule has 130 valence electrons. The van der Waals surface area contributed by atoms with Crippen molar-refractivity contribution in [2.75, 3.05) is 37.6 Å². The lowest BCUT2D eigenvalue weighted by Gasteiger charge is -2.34. The second kappa shape index (κ2) is 6.82. The average Bonchev–Trinajstić information content (AvgIpc) is 3.06. The minimum atomic E-state index is -0.486. The molecular formula is C19H20FN3O2. The van der Waals surface area contributed by atoms with Crippen molar-refractivity contribution in [3.05, 3.63) is 59.9 Å². The number of aliphatic hydroxyl groups is 1. The van der Waals surface area contributed by atoms with Crippen LogP contribution in [0.25, 0.3) is 11.1 Å². The molecule has 0 radical (unpaired) electrons. The molecule has 2 heterocycles. The highest BCUT2D eigenvalue weighted by molar-refractivity contribution is 5.74. The van der Waals surface area contributed by atoms with Crippen LogP contribution < -0.4 is 4.90 Å². The Morgan fingerprint density at radius 1 is 1.08 bits per heavy atom. The van der Waals surface area contributed by atoms with Crippen LogP contribution in [0.3, 0.4) is 0 Å². The molecule has 1 saturated heterocycles. The van der Waals surface area contributed by atoms with Gasteiger partial charge in [0.25, 0.3) is 6.01 Å². The van der Waals surface area contributed by atoms with E-state index >= 15 is 0 Å². The fourth-order valence-corrected chi connectivity index (χ4v) is 3.17. The highest BCUT2D eigenvalue weighted by atomic mass is 19.1. The van der Waals surface area contributed by atoms with Gasteiger partial charge in [0.15, 0.2) is 5.58 Å². The van der Waals surface area contributed by atoms with Crippen molar-refractivity contribution in [2.45, 2.75) is 6.10 Å². The van der Waals surface area contributed by atoms with E-state index in [4.69, 9.17) is 4.42 Å². The fraction of sp³-hybridized carbons (Fsp3) is 0.316. The summed E-state index contributed by atoms with van der Waals surface area (Å²) in [4.78, 5) is 8.67. The normalized spacial score (nSPS) is 17.1. The summed E-state index contributed by atoms with van der Waals surface area (Å²) in [6.45, 7) is 3.76. The predicted molar refractivity (Wildman–Crippen MR) is 94.0 cm³/mol. The van der Waals surface area contributed by atoms with E-state index in [0.29, 0.717) is 23.7 Å². The van der Waals surface area contributed by atoms with E-state index < -0.39 is 6.10 Å². The van der Waals surface area contributed by atoms with Gasteiger partial charge in [-0.05, 0) is 17.7 Å². The van der Waals surface area contributed by atoms with Gasteiger partial charge in [0.1, 0.15) is 11.3 Å². The Bertz CT molecular complexity index is 844. The van der Waals surface area contributed by atoms with Crippen molar-refractivity contribution in [3.63, 3.8) is 0 Å². The number of hydrogen-bond donors (Lipinski definition) is 1. The van der Waals surface area contributed by atoms with E-state index in [-0.39, 0.29) is 5.82 Å². The van der Waals surface area contributed by atoms with E-state index in [2.05, 4.69) is 14.8 Å². The van der Waals surface area contributed by atoms with Gasteiger partial charge >= 0.3 is 0 Å². The molecule has 5 nitrogen and oxygen atoms in total. The Morgan fingerprint density at radius 3 is 2.60 bits per heavy atom. The number of anilines is 1. The summed E-state index contributed by atoms with van der Waals surface area (Å²) in [6.07, 6.45) is -0.486. The van der Waals surface area contributed by atoms with Gasteiger partial charge in [0.05, 0.1) is 6.10 Å². The summed E-state index contributed by atoms with van der Waals surface area (Å²) in [6, 6.07) is 14.6. The minimum absolute atomic E-state index is 0.313. The van der Waals surface area contributed by atoms with Gasteiger partial charge in [-0.1, -0.05) is 30.3 Å². The maximum Gasteiger partial charge on any atom is 0.298 e. The van der Waals surface area contributed by atoms with Crippen molar-refractivity contribution < 1.29 is 13.9 Å². The standard InChI is InChI=1S/C19H20FN3O2/c20-15-6-7-18-16(12-15)21-19(25-18)23-10-8-22(9-11-23)13-17(24)14-4-2-1-3-5-14/h1-7,12,17,24H,8-11,13H2. The second-order valence-corrected chi connectivity index (χ2v) is 6.32. The number of halogens is 1. The Hall–Kier alpha value is -2.44. The van der Waals surface area contributed by atoms with Gasteiger partial charge in [-0.2, -0.15) is 4.98 Å². The molecule has 0 saturated carbocycles. The fourth-order valence-electron chi connectivity index (χ4n) is 3.17. The third-order valence-corrected chi connectivity index (χ3v) is 4.60. The Kier molecular flexibility index (Phi) is 4.38. The molecule has 1 atom stereocenters. The molecule has 4 rings (SSSR count). The Morgan fingerprint density at radius 2 is 1.84 bits per heavy atom. The van der Waals surface area contributed by atoms with Crippen molar-refractivity contribution >= 4 is 17.1 Å². The van der Waals surface area contributed by atoms with Crippen LogP contribution in [-0.2, 0) is 0 Å². The Labute approximate surface area is 145 Å². The molecule has 1 aromatic heterocycles. The summed E-state index contributed by atoms with van der Waals surface area (Å²) >= 11 is 0. The molecule has 6 heteroatoms. The number of aliphatic hydroxyl groups excluding tert-OH is 1. The number of β-amino-alcohol motifs (C(OH)–C–C–N with tert-alkyl or cyclic N) is 1. The van der Waals surface area contributed by atoms with Crippen LogP contribution in [0, 0.1) is 5.82 Å². The highest BCUT2D eigenvalue weighted by Gasteiger charge is 2.23. The molecular weight excluding hydrogens is 321 g/mol. The summed E-state index contributed by atoms with van der Waals surface area (Å²) in [5.74, 6) is -0.313. The van der Waals surface area contributed by atoms with Gasteiger partial charge in [-0.3, -0.25) is 4.90 Å². The molecule has 1 aliphatic heterocycles. The van der Waals surface area contributed by atoms with Gasteiger partial charge in [-0.25, -0.2) is 4.39 Å². The zero-order valence-electron chi connectivity index (χ0n) is 13.8. The van der Waals surface area contributed by atoms with Gasteiger partial charge in [0, 0.05) is 38.8 Å². The maximum absolute atomic E-state index is 13.3. The zero-order valence-corrected chi connectivity index (χ0v) is 13.8. The van der Waals surface area contributed by atoms with E-state index in [1.165, 1.54) is 12.1 Å².